The number of hydrogen-bond acceptors (Lipinski definition) is 3. The van der Waals surface area contributed by atoms with Crippen LogP contribution in [0.3, 0.4) is 0 Å². The zero-order chi connectivity index (χ0) is 28.5. The van der Waals surface area contributed by atoms with Crippen molar-refractivity contribution >= 4 is 46.8 Å². The molecule has 0 saturated heterocycles. The molecule has 4 rings (SSSR count). The van der Waals surface area contributed by atoms with E-state index in [1.54, 1.807) is 34.9 Å². The first-order valence-electron chi connectivity index (χ1n) is 14.0. The van der Waals surface area contributed by atoms with Gasteiger partial charge < -0.3 is 10.2 Å². The summed E-state index contributed by atoms with van der Waals surface area (Å²) in [6.45, 7) is 4.33. The van der Waals surface area contributed by atoms with Crippen molar-refractivity contribution in [1.82, 2.24) is 10.2 Å². The normalized spacial score (nSPS) is 14.5. The highest BCUT2D eigenvalue weighted by atomic mass is 35.5. The fourth-order valence-electron chi connectivity index (χ4n) is 5.44. The highest BCUT2D eigenvalue weighted by molar-refractivity contribution is 7.99. The van der Waals surface area contributed by atoms with E-state index >= 15 is 0 Å². The summed E-state index contributed by atoms with van der Waals surface area (Å²) < 4.78 is 0. The quantitative estimate of drug-likeness (QED) is 0.244. The molecule has 1 atom stereocenters. The summed E-state index contributed by atoms with van der Waals surface area (Å²) >= 11 is 14.7. The second-order valence-electron chi connectivity index (χ2n) is 10.8. The molecule has 0 bridgehead atoms. The van der Waals surface area contributed by atoms with Gasteiger partial charge in [-0.15, -0.1) is 11.8 Å². The Morgan fingerprint density at radius 3 is 2.20 bits per heavy atom. The van der Waals surface area contributed by atoms with Gasteiger partial charge in [0.2, 0.25) is 11.8 Å². The maximum absolute atomic E-state index is 14.0. The van der Waals surface area contributed by atoms with Crippen molar-refractivity contribution in [3.63, 3.8) is 0 Å². The summed E-state index contributed by atoms with van der Waals surface area (Å²) in [5.74, 6) is 0.737. The van der Waals surface area contributed by atoms with Crippen molar-refractivity contribution in [2.24, 2.45) is 0 Å². The van der Waals surface area contributed by atoms with E-state index in [1.165, 1.54) is 23.1 Å². The largest absolute Gasteiger partial charge is 0.352 e. The van der Waals surface area contributed by atoms with Gasteiger partial charge in [0.05, 0.1) is 5.75 Å². The summed E-state index contributed by atoms with van der Waals surface area (Å²) in [7, 11) is 0. The molecule has 4 nitrogen and oxygen atoms in total. The van der Waals surface area contributed by atoms with E-state index in [0.29, 0.717) is 27.8 Å². The highest BCUT2D eigenvalue weighted by Gasteiger charge is 2.32. The molecule has 1 N–H and O–H groups in total. The third kappa shape index (κ3) is 8.76. The third-order valence-corrected chi connectivity index (χ3v) is 9.09. The Balaban J connectivity index is 1.60. The van der Waals surface area contributed by atoms with Crippen molar-refractivity contribution in [2.45, 2.75) is 76.8 Å². The number of halogens is 2. The second-order valence-corrected chi connectivity index (χ2v) is 12.6. The van der Waals surface area contributed by atoms with Gasteiger partial charge in [-0.3, -0.25) is 9.59 Å². The number of nitrogens with one attached hydrogen (secondary N) is 1. The van der Waals surface area contributed by atoms with Gasteiger partial charge in [0.1, 0.15) is 6.04 Å². The summed E-state index contributed by atoms with van der Waals surface area (Å²) in [6.07, 6.45) is 5.78. The summed E-state index contributed by atoms with van der Waals surface area (Å²) in [4.78, 5) is 29.6. The molecule has 0 aliphatic heterocycles. The number of rotatable bonds is 11. The summed E-state index contributed by atoms with van der Waals surface area (Å²) in [6, 6.07) is 21.1. The molecule has 1 fully saturated rings. The number of carbonyl (C=O) groups excluding carboxylic acids is 2. The van der Waals surface area contributed by atoms with Gasteiger partial charge >= 0.3 is 0 Å². The van der Waals surface area contributed by atoms with Gasteiger partial charge in [-0.05, 0) is 49.9 Å². The monoisotopic (exact) mass is 596 g/mol. The van der Waals surface area contributed by atoms with Crippen molar-refractivity contribution in [3.05, 3.63) is 105 Å². The van der Waals surface area contributed by atoms with E-state index in [4.69, 9.17) is 23.2 Å². The van der Waals surface area contributed by atoms with Crippen LogP contribution < -0.4 is 5.32 Å². The van der Waals surface area contributed by atoms with Crippen LogP contribution >= 0.6 is 35.0 Å². The fourth-order valence-corrected chi connectivity index (χ4v) is 6.81. The predicted molar refractivity (Wildman–Crippen MR) is 168 cm³/mol. The highest BCUT2D eigenvalue weighted by Crippen LogP contribution is 2.28. The maximum atomic E-state index is 14.0. The molecule has 7 heteroatoms. The molecule has 0 aromatic heterocycles. The van der Waals surface area contributed by atoms with E-state index in [2.05, 4.69) is 37.4 Å². The Kier molecular flexibility index (Phi) is 11.4. The maximum Gasteiger partial charge on any atom is 0.243 e. The van der Waals surface area contributed by atoms with Crippen LogP contribution in [-0.4, -0.2) is 34.6 Å². The Morgan fingerprint density at radius 1 is 0.900 bits per heavy atom. The predicted octanol–water partition coefficient (Wildman–Crippen LogP) is 7.93. The second kappa shape index (κ2) is 15.0. The van der Waals surface area contributed by atoms with Crippen molar-refractivity contribution in [1.29, 1.82) is 0 Å². The van der Waals surface area contributed by atoms with Crippen molar-refractivity contribution < 1.29 is 9.59 Å². The summed E-state index contributed by atoms with van der Waals surface area (Å²) in [5.41, 5.74) is 5.25. The molecule has 0 spiro atoms. The Labute approximate surface area is 252 Å². The molecule has 40 heavy (non-hydrogen) atoms. The van der Waals surface area contributed by atoms with Crippen LogP contribution in [0.4, 0.5) is 0 Å². The average Bonchev–Trinajstić information content (AvgIpc) is 2.92. The van der Waals surface area contributed by atoms with E-state index in [0.717, 1.165) is 31.2 Å². The number of aryl methyl sites for hydroxylation is 2. The number of thioether (sulfide) groups is 1. The van der Waals surface area contributed by atoms with Gasteiger partial charge in [-0.25, -0.2) is 0 Å². The number of nitrogens with zero attached hydrogens (tertiary/aromatic N) is 1. The topological polar surface area (TPSA) is 49.4 Å². The SMILES string of the molecule is Cc1cc(C)cc(CSCC(=O)N(Cc2c(Cl)cccc2Cl)C(Cc2ccccc2)C(=O)NC2CCCCC2)c1. The molecular weight excluding hydrogens is 559 g/mol. The molecule has 1 saturated carbocycles. The third-order valence-electron chi connectivity index (χ3n) is 7.39. The van der Waals surface area contributed by atoms with Crippen LogP contribution in [0.2, 0.25) is 10.0 Å². The molecule has 3 aromatic carbocycles. The number of hydrogen-bond donors (Lipinski definition) is 1. The van der Waals surface area contributed by atoms with Crippen LogP contribution in [0.5, 0.6) is 0 Å². The molecule has 1 aliphatic rings. The smallest absolute Gasteiger partial charge is 0.243 e. The Bertz CT molecular complexity index is 1250. The lowest BCUT2D eigenvalue weighted by molar-refractivity contribution is -0.139. The molecule has 0 radical (unpaired) electrons. The fraction of sp³-hybridized carbons (Fsp3) is 0.394. The molecule has 1 unspecified atom stereocenters. The first-order chi connectivity index (χ1) is 19.3. The van der Waals surface area contributed by atoms with Gasteiger partial charge in [-0.1, -0.05) is 108 Å². The van der Waals surface area contributed by atoms with Gasteiger partial charge in [0, 0.05) is 40.4 Å². The van der Waals surface area contributed by atoms with Crippen LogP contribution in [0.15, 0.2) is 66.7 Å². The Morgan fingerprint density at radius 2 is 1.55 bits per heavy atom. The number of benzene rings is 3. The molecular formula is C33H38Cl2N2O2S. The molecule has 2 amide bonds. The minimum Gasteiger partial charge on any atom is -0.352 e. The van der Waals surface area contributed by atoms with Crippen molar-refractivity contribution in [3.8, 4) is 0 Å². The molecule has 0 heterocycles. The van der Waals surface area contributed by atoms with E-state index < -0.39 is 6.04 Å². The van der Waals surface area contributed by atoms with Crippen LogP contribution in [-0.2, 0) is 28.3 Å². The van der Waals surface area contributed by atoms with Crippen LogP contribution in [0.25, 0.3) is 0 Å². The van der Waals surface area contributed by atoms with E-state index in [9.17, 15) is 9.59 Å². The van der Waals surface area contributed by atoms with Gasteiger partial charge in [-0.2, -0.15) is 0 Å². The zero-order valence-corrected chi connectivity index (χ0v) is 25.6. The van der Waals surface area contributed by atoms with Crippen LogP contribution in [0, 0.1) is 13.8 Å². The lowest BCUT2D eigenvalue weighted by Crippen LogP contribution is -2.53. The first kappa shape index (κ1) is 30.5. The first-order valence-corrected chi connectivity index (χ1v) is 15.9. The van der Waals surface area contributed by atoms with Gasteiger partial charge in [0.25, 0.3) is 0 Å². The number of carbonyl (C=O) groups is 2. The van der Waals surface area contributed by atoms with Crippen molar-refractivity contribution in [2.75, 3.05) is 5.75 Å². The van der Waals surface area contributed by atoms with Gasteiger partial charge in [0.15, 0.2) is 0 Å². The standard InChI is InChI=1S/C33H38Cl2N2O2S/c1-23-16-24(2)18-26(17-23)21-40-22-32(38)37(20-28-29(34)14-9-15-30(28)35)31(19-25-10-5-3-6-11-25)33(39)36-27-12-7-4-8-13-27/h3,5-6,9-11,14-18,27,31H,4,7-8,12-13,19-22H2,1-2H3,(H,36,39). The summed E-state index contributed by atoms with van der Waals surface area (Å²) in [5, 5.41) is 4.25. The Hall–Kier alpha value is -2.47. The van der Waals surface area contributed by atoms with E-state index in [-0.39, 0.29) is 30.2 Å². The lowest BCUT2D eigenvalue weighted by Gasteiger charge is -2.34. The minimum absolute atomic E-state index is 0.106. The molecule has 212 valence electrons. The number of amides is 2. The van der Waals surface area contributed by atoms with E-state index in [1.807, 2.05) is 30.3 Å². The molecule has 1 aliphatic carbocycles. The average molecular weight is 598 g/mol. The van der Waals surface area contributed by atoms with Crippen LogP contribution in [0.1, 0.15) is 59.9 Å². The zero-order valence-electron chi connectivity index (χ0n) is 23.3. The molecule has 3 aromatic rings. The minimum atomic E-state index is -0.689. The lowest BCUT2D eigenvalue weighted by atomic mass is 9.94.